The van der Waals surface area contributed by atoms with E-state index in [1.54, 1.807) is 0 Å². The normalized spacial score (nSPS) is 21.0. The van der Waals surface area contributed by atoms with Crippen LogP contribution in [-0.4, -0.2) is 11.9 Å². The monoisotopic (exact) mass is 229 g/mol. The van der Waals surface area contributed by atoms with Gasteiger partial charge in [0.25, 0.3) is 0 Å². The number of carbonyl (C=O) groups excluding carboxylic acids is 1. The maximum absolute atomic E-state index is 11.1. The van der Waals surface area contributed by atoms with Crippen LogP contribution < -0.4 is 10.6 Å². The van der Waals surface area contributed by atoms with Gasteiger partial charge in [0, 0.05) is 18.2 Å². The average molecular weight is 229 g/mol. The Morgan fingerprint density at radius 3 is 3.24 bits per heavy atom. The summed E-state index contributed by atoms with van der Waals surface area (Å²) in [5, 5.41) is 5.92. The van der Waals surface area contributed by atoms with Gasteiger partial charge in [-0.2, -0.15) is 0 Å². The Balaban J connectivity index is 2.00. The summed E-state index contributed by atoms with van der Waals surface area (Å²) in [5.74, 6) is 0.487. The molecule has 1 unspecified atom stereocenters. The molecule has 0 bridgehead atoms. The number of amides is 1. The first-order valence-electron chi connectivity index (χ1n) is 5.98. The van der Waals surface area contributed by atoms with Gasteiger partial charge in [-0.25, -0.2) is 4.99 Å². The topological polar surface area (TPSA) is 53.5 Å². The van der Waals surface area contributed by atoms with Gasteiger partial charge in [-0.3, -0.25) is 10.1 Å². The van der Waals surface area contributed by atoms with E-state index in [4.69, 9.17) is 0 Å². The Morgan fingerprint density at radius 1 is 1.53 bits per heavy atom. The third-order valence-electron chi connectivity index (χ3n) is 3.29. The molecule has 0 aromatic heterocycles. The van der Waals surface area contributed by atoms with Crippen LogP contribution in [0, 0.1) is 0 Å². The highest BCUT2D eigenvalue weighted by atomic mass is 16.1. The molecule has 0 saturated heterocycles. The van der Waals surface area contributed by atoms with Crippen molar-refractivity contribution in [3.63, 3.8) is 0 Å². The maximum Gasteiger partial charge on any atom is 0.223 e. The summed E-state index contributed by atoms with van der Waals surface area (Å²) in [4.78, 5) is 15.6. The van der Waals surface area contributed by atoms with Crippen molar-refractivity contribution in [2.75, 3.05) is 5.32 Å². The number of nitrogens with zero attached hydrogens (tertiary/aromatic N) is 1. The fourth-order valence-electron chi connectivity index (χ4n) is 2.64. The van der Waals surface area contributed by atoms with Crippen LogP contribution in [0.25, 0.3) is 0 Å². The number of anilines is 1. The first-order valence-corrected chi connectivity index (χ1v) is 5.98. The first kappa shape index (κ1) is 10.3. The molecule has 3 rings (SSSR count). The maximum atomic E-state index is 11.1. The van der Waals surface area contributed by atoms with Crippen molar-refractivity contribution in [3.8, 4) is 0 Å². The Hall–Kier alpha value is -1.84. The van der Waals surface area contributed by atoms with Crippen LogP contribution in [0.2, 0.25) is 0 Å². The largest absolute Gasteiger partial charge is 0.326 e. The van der Waals surface area contributed by atoms with Crippen molar-refractivity contribution in [2.24, 2.45) is 4.99 Å². The minimum Gasteiger partial charge on any atom is -0.326 e. The molecular formula is C13H15N3O. The highest BCUT2D eigenvalue weighted by Gasteiger charge is 2.27. The molecule has 1 amide bonds. The lowest BCUT2D eigenvalue weighted by atomic mass is 9.86. The van der Waals surface area contributed by atoms with Gasteiger partial charge in [0.2, 0.25) is 11.9 Å². The van der Waals surface area contributed by atoms with E-state index in [2.05, 4.69) is 27.8 Å². The van der Waals surface area contributed by atoms with Crippen LogP contribution in [0.5, 0.6) is 0 Å². The molecule has 1 aliphatic heterocycles. The van der Waals surface area contributed by atoms with Crippen molar-refractivity contribution >= 4 is 17.6 Å². The molecule has 1 aromatic carbocycles. The van der Waals surface area contributed by atoms with Gasteiger partial charge in [0.15, 0.2) is 0 Å². The van der Waals surface area contributed by atoms with E-state index in [9.17, 15) is 4.79 Å². The van der Waals surface area contributed by atoms with E-state index in [1.165, 1.54) is 18.1 Å². The number of carbonyl (C=O) groups is 1. The number of aryl methyl sites for hydroxylation is 1. The van der Waals surface area contributed by atoms with Gasteiger partial charge in [-0.1, -0.05) is 12.1 Å². The third kappa shape index (κ3) is 1.79. The van der Waals surface area contributed by atoms with E-state index < -0.39 is 0 Å². The number of nitrogens with one attached hydrogen (secondary N) is 2. The molecule has 0 radical (unpaired) electrons. The fraction of sp³-hybridized carbons (Fsp3) is 0.385. The summed E-state index contributed by atoms with van der Waals surface area (Å²) in [7, 11) is 0. The lowest BCUT2D eigenvalue weighted by Gasteiger charge is -2.30. The standard InChI is InChI=1S/C13H15N3O/c1-8(17)14-13-15-10-6-2-4-9-5-3-7-11(16-13)12(9)10/h2,4,6,11H,3,5,7H2,1H3,(H2,14,15,16,17). The summed E-state index contributed by atoms with van der Waals surface area (Å²) in [6.07, 6.45) is 3.36. The Labute approximate surface area is 100 Å². The zero-order valence-corrected chi connectivity index (χ0v) is 9.79. The predicted molar refractivity (Wildman–Crippen MR) is 67.0 cm³/mol. The molecule has 88 valence electrons. The Bertz CT molecular complexity index is 507. The number of hydrogen-bond acceptors (Lipinski definition) is 3. The molecule has 2 aliphatic rings. The smallest absolute Gasteiger partial charge is 0.223 e. The molecule has 0 spiro atoms. The molecule has 1 aliphatic carbocycles. The van der Waals surface area contributed by atoms with Crippen LogP contribution in [0.15, 0.2) is 23.2 Å². The average Bonchev–Trinajstić information content (AvgIpc) is 2.28. The van der Waals surface area contributed by atoms with Crippen molar-refractivity contribution in [1.29, 1.82) is 0 Å². The van der Waals surface area contributed by atoms with Crippen molar-refractivity contribution in [3.05, 3.63) is 29.3 Å². The number of guanidine groups is 1. The zero-order chi connectivity index (χ0) is 11.8. The second kappa shape index (κ2) is 3.87. The highest BCUT2D eigenvalue weighted by molar-refractivity contribution is 6.05. The van der Waals surface area contributed by atoms with Crippen molar-refractivity contribution in [2.45, 2.75) is 32.2 Å². The van der Waals surface area contributed by atoms with Crippen molar-refractivity contribution in [1.82, 2.24) is 5.32 Å². The minimum atomic E-state index is -0.0911. The fourth-order valence-corrected chi connectivity index (χ4v) is 2.64. The lowest BCUT2D eigenvalue weighted by molar-refractivity contribution is -0.117. The molecule has 4 nitrogen and oxygen atoms in total. The van der Waals surface area contributed by atoms with Gasteiger partial charge in [-0.05, 0) is 30.9 Å². The summed E-state index contributed by atoms with van der Waals surface area (Å²) in [6.45, 7) is 1.50. The SMILES string of the molecule is CC(=O)NC1=NC2CCCc3cccc(c32)N1. The van der Waals surface area contributed by atoms with E-state index in [1.807, 2.05) is 6.07 Å². The van der Waals surface area contributed by atoms with Crippen LogP contribution >= 0.6 is 0 Å². The molecule has 0 saturated carbocycles. The second-order valence-corrected chi connectivity index (χ2v) is 4.57. The van der Waals surface area contributed by atoms with Crippen LogP contribution in [0.4, 0.5) is 5.69 Å². The second-order valence-electron chi connectivity index (χ2n) is 4.57. The van der Waals surface area contributed by atoms with E-state index in [0.29, 0.717) is 5.96 Å². The quantitative estimate of drug-likeness (QED) is 0.714. The Kier molecular flexibility index (Phi) is 2.35. The summed E-state index contributed by atoms with van der Waals surface area (Å²) in [5.41, 5.74) is 3.79. The lowest BCUT2D eigenvalue weighted by Crippen LogP contribution is -2.37. The minimum absolute atomic E-state index is 0.0911. The molecule has 4 heteroatoms. The zero-order valence-electron chi connectivity index (χ0n) is 9.79. The Morgan fingerprint density at radius 2 is 2.41 bits per heavy atom. The highest BCUT2D eigenvalue weighted by Crippen LogP contribution is 2.39. The summed E-state index contributed by atoms with van der Waals surface area (Å²) < 4.78 is 0. The summed E-state index contributed by atoms with van der Waals surface area (Å²) >= 11 is 0. The molecule has 2 N–H and O–H groups in total. The molecule has 1 atom stereocenters. The van der Waals surface area contributed by atoms with Gasteiger partial charge in [0.1, 0.15) is 0 Å². The third-order valence-corrected chi connectivity index (χ3v) is 3.29. The molecule has 17 heavy (non-hydrogen) atoms. The molecule has 1 aromatic rings. The van der Waals surface area contributed by atoms with Gasteiger partial charge >= 0.3 is 0 Å². The summed E-state index contributed by atoms with van der Waals surface area (Å²) in [6, 6.07) is 6.48. The van der Waals surface area contributed by atoms with Crippen LogP contribution in [0.1, 0.15) is 36.9 Å². The number of rotatable bonds is 0. The van der Waals surface area contributed by atoms with Gasteiger partial charge in [-0.15, -0.1) is 0 Å². The first-order chi connectivity index (χ1) is 8.24. The van der Waals surface area contributed by atoms with E-state index >= 15 is 0 Å². The van der Waals surface area contributed by atoms with E-state index in [-0.39, 0.29) is 11.9 Å². The van der Waals surface area contributed by atoms with Crippen molar-refractivity contribution < 1.29 is 4.79 Å². The molecular weight excluding hydrogens is 214 g/mol. The number of aliphatic imine (C=N–C) groups is 1. The van der Waals surface area contributed by atoms with Gasteiger partial charge in [0.05, 0.1) is 6.04 Å². The van der Waals surface area contributed by atoms with Gasteiger partial charge < -0.3 is 5.32 Å². The predicted octanol–water partition coefficient (Wildman–Crippen LogP) is 1.98. The number of benzene rings is 1. The van der Waals surface area contributed by atoms with Crippen LogP contribution in [-0.2, 0) is 11.2 Å². The molecule has 0 fully saturated rings. The van der Waals surface area contributed by atoms with E-state index in [0.717, 1.165) is 24.9 Å². The van der Waals surface area contributed by atoms with Crippen LogP contribution in [0.3, 0.4) is 0 Å². The molecule has 1 heterocycles. The number of hydrogen-bond donors (Lipinski definition) is 2.